The van der Waals surface area contributed by atoms with E-state index < -0.39 is 5.97 Å². The number of thioether (sulfide) groups is 1. The molecule has 100 valence electrons. The van der Waals surface area contributed by atoms with E-state index in [1.54, 1.807) is 24.6 Å². The molecule has 1 heterocycles. The number of halogens is 1. The molecular weight excluding hydrogens is 269 g/mol. The fourth-order valence-electron chi connectivity index (χ4n) is 1.68. The summed E-state index contributed by atoms with van der Waals surface area (Å²) in [5.74, 6) is -0.835. The van der Waals surface area contributed by atoms with E-state index >= 15 is 0 Å². The second-order valence-electron chi connectivity index (χ2n) is 4.06. The van der Waals surface area contributed by atoms with Gasteiger partial charge in [0.1, 0.15) is 5.82 Å². The van der Waals surface area contributed by atoms with Crippen molar-refractivity contribution in [1.29, 1.82) is 0 Å². The molecule has 1 N–H and O–H groups in total. The van der Waals surface area contributed by atoms with Gasteiger partial charge in [0.15, 0.2) is 11.0 Å². The predicted octanol–water partition coefficient (Wildman–Crippen LogP) is 2.11. The van der Waals surface area contributed by atoms with E-state index in [2.05, 4.69) is 10.2 Å². The van der Waals surface area contributed by atoms with Crippen LogP contribution in [0.2, 0.25) is 0 Å². The van der Waals surface area contributed by atoms with Gasteiger partial charge in [0, 0.05) is 12.6 Å². The number of aryl methyl sites for hydroxylation is 1. The van der Waals surface area contributed by atoms with Gasteiger partial charge in [-0.2, -0.15) is 0 Å². The van der Waals surface area contributed by atoms with Crippen LogP contribution in [0.25, 0.3) is 11.4 Å². The first kappa shape index (κ1) is 13.5. The van der Waals surface area contributed by atoms with E-state index in [0.717, 1.165) is 17.3 Å². The number of carboxylic acid groups (broad SMARTS) is 1. The van der Waals surface area contributed by atoms with Gasteiger partial charge in [-0.15, -0.1) is 10.2 Å². The van der Waals surface area contributed by atoms with Crippen molar-refractivity contribution in [3.63, 3.8) is 0 Å². The van der Waals surface area contributed by atoms with Crippen molar-refractivity contribution in [2.45, 2.75) is 12.1 Å². The first-order valence-corrected chi connectivity index (χ1v) is 6.47. The molecule has 2 rings (SSSR count). The molecule has 0 amide bonds. The third-order valence-corrected chi connectivity index (χ3v) is 3.46. The quantitative estimate of drug-likeness (QED) is 0.869. The van der Waals surface area contributed by atoms with Gasteiger partial charge in [0.05, 0.1) is 5.75 Å². The van der Waals surface area contributed by atoms with Crippen molar-refractivity contribution < 1.29 is 14.3 Å². The molecule has 0 bridgehead atoms. The van der Waals surface area contributed by atoms with E-state index in [0.29, 0.717) is 16.5 Å². The molecule has 0 aliphatic heterocycles. The predicted molar refractivity (Wildman–Crippen MR) is 69.5 cm³/mol. The lowest BCUT2D eigenvalue weighted by Crippen LogP contribution is -2.01. The Morgan fingerprint density at radius 1 is 1.42 bits per heavy atom. The summed E-state index contributed by atoms with van der Waals surface area (Å²) in [6.07, 6.45) is 0. The van der Waals surface area contributed by atoms with Gasteiger partial charge < -0.3 is 9.67 Å². The Labute approximate surface area is 113 Å². The number of aromatic nitrogens is 3. The Hall–Kier alpha value is -1.89. The van der Waals surface area contributed by atoms with Crippen molar-refractivity contribution in [2.75, 3.05) is 5.75 Å². The van der Waals surface area contributed by atoms with Gasteiger partial charge in [-0.25, -0.2) is 4.39 Å². The number of aliphatic carboxylic acids is 1. The summed E-state index contributed by atoms with van der Waals surface area (Å²) in [6, 6.07) is 4.61. The largest absolute Gasteiger partial charge is 0.481 e. The Balaban J connectivity index is 2.33. The van der Waals surface area contributed by atoms with Crippen molar-refractivity contribution in [2.24, 2.45) is 7.05 Å². The third-order valence-electron chi connectivity index (χ3n) is 2.46. The smallest absolute Gasteiger partial charge is 0.313 e. The van der Waals surface area contributed by atoms with Gasteiger partial charge >= 0.3 is 5.97 Å². The zero-order valence-electron chi connectivity index (χ0n) is 10.4. The average Bonchev–Trinajstić information content (AvgIpc) is 2.66. The fraction of sp³-hybridized carbons (Fsp3) is 0.250. The summed E-state index contributed by atoms with van der Waals surface area (Å²) in [4.78, 5) is 10.5. The highest BCUT2D eigenvalue weighted by atomic mass is 32.2. The van der Waals surface area contributed by atoms with Crippen molar-refractivity contribution in [3.8, 4) is 11.4 Å². The molecule has 19 heavy (non-hydrogen) atoms. The fourth-order valence-corrected chi connectivity index (χ4v) is 2.31. The zero-order chi connectivity index (χ0) is 14.0. The molecule has 1 aromatic carbocycles. The minimum atomic E-state index is -0.920. The monoisotopic (exact) mass is 281 g/mol. The number of benzene rings is 1. The molecule has 0 saturated heterocycles. The van der Waals surface area contributed by atoms with Crippen LogP contribution in [-0.4, -0.2) is 31.6 Å². The zero-order valence-corrected chi connectivity index (χ0v) is 11.2. The normalized spacial score (nSPS) is 10.7. The van der Waals surface area contributed by atoms with Crippen LogP contribution in [0.5, 0.6) is 0 Å². The van der Waals surface area contributed by atoms with E-state index in [1.807, 2.05) is 0 Å². The van der Waals surface area contributed by atoms with Crippen molar-refractivity contribution >= 4 is 17.7 Å². The number of rotatable bonds is 4. The van der Waals surface area contributed by atoms with Gasteiger partial charge in [-0.05, 0) is 30.7 Å². The number of nitrogens with zero attached hydrogens (tertiary/aromatic N) is 3. The number of carbonyl (C=O) groups is 1. The highest BCUT2D eigenvalue weighted by Gasteiger charge is 2.13. The van der Waals surface area contributed by atoms with Crippen LogP contribution < -0.4 is 0 Å². The molecule has 0 aliphatic rings. The van der Waals surface area contributed by atoms with Crippen molar-refractivity contribution in [3.05, 3.63) is 29.6 Å². The highest BCUT2D eigenvalue weighted by molar-refractivity contribution is 7.99. The Morgan fingerprint density at radius 2 is 2.16 bits per heavy atom. The minimum Gasteiger partial charge on any atom is -0.481 e. The summed E-state index contributed by atoms with van der Waals surface area (Å²) in [5, 5.41) is 17.0. The standard InChI is InChI=1S/C12H12FN3O2S/c1-7-3-8(5-9(13)4-7)11-14-15-12(16(11)2)19-6-10(17)18/h3-5H,6H2,1-2H3,(H,17,18). The molecule has 2 aromatic rings. The summed E-state index contributed by atoms with van der Waals surface area (Å²) in [5.41, 5.74) is 1.41. The second-order valence-corrected chi connectivity index (χ2v) is 5.01. The summed E-state index contributed by atoms with van der Waals surface area (Å²) >= 11 is 1.08. The minimum absolute atomic E-state index is 0.0891. The molecule has 0 atom stereocenters. The molecule has 1 aromatic heterocycles. The summed E-state index contributed by atoms with van der Waals surface area (Å²) in [6.45, 7) is 1.79. The molecule has 5 nitrogen and oxygen atoms in total. The molecule has 0 spiro atoms. The Bertz CT molecular complexity index is 607. The first-order valence-electron chi connectivity index (χ1n) is 5.49. The van der Waals surface area contributed by atoms with Crippen LogP contribution in [0.1, 0.15) is 5.56 Å². The lowest BCUT2D eigenvalue weighted by molar-refractivity contribution is -0.133. The van der Waals surface area contributed by atoms with E-state index in [1.165, 1.54) is 12.1 Å². The average molecular weight is 281 g/mol. The Kier molecular flexibility index (Phi) is 3.84. The lowest BCUT2D eigenvalue weighted by atomic mass is 10.1. The molecule has 7 heteroatoms. The molecular formula is C12H12FN3O2S. The number of hydrogen-bond donors (Lipinski definition) is 1. The maximum Gasteiger partial charge on any atom is 0.313 e. The SMILES string of the molecule is Cc1cc(F)cc(-c2nnc(SCC(=O)O)n2C)c1. The van der Waals surface area contributed by atoms with Gasteiger partial charge in [0.2, 0.25) is 0 Å². The Morgan fingerprint density at radius 3 is 2.79 bits per heavy atom. The maximum atomic E-state index is 13.4. The van der Waals surface area contributed by atoms with Crippen LogP contribution in [0, 0.1) is 12.7 Å². The van der Waals surface area contributed by atoms with Crippen molar-refractivity contribution in [1.82, 2.24) is 14.8 Å². The summed E-state index contributed by atoms with van der Waals surface area (Å²) < 4.78 is 15.0. The lowest BCUT2D eigenvalue weighted by Gasteiger charge is -2.04. The topological polar surface area (TPSA) is 68.0 Å². The molecule has 0 aliphatic carbocycles. The van der Waals surface area contributed by atoms with Crippen LogP contribution in [0.3, 0.4) is 0 Å². The molecule has 0 unspecified atom stereocenters. The second kappa shape index (κ2) is 5.40. The van der Waals surface area contributed by atoms with Crippen LogP contribution in [0.15, 0.2) is 23.4 Å². The molecule has 0 saturated carbocycles. The van der Waals surface area contributed by atoms with Crippen LogP contribution in [-0.2, 0) is 11.8 Å². The maximum absolute atomic E-state index is 13.4. The van der Waals surface area contributed by atoms with E-state index in [-0.39, 0.29) is 11.6 Å². The van der Waals surface area contributed by atoms with Gasteiger partial charge in [-0.3, -0.25) is 4.79 Å². The highest BCUT2D eigenvalue weighted by Crippen LogP contribution is 2.24. The number of hydrogen-bond acceptors (Lipinski definition) is 4. The molecule has 0 radical (unpaired) electrons. The van der Waals surface area contributed by atoms with Gasteiger partial charge in [-0.1, -0.05) is 11.8 Å². The van der Waals surface area contributed by atoms with E-state index in [9.17, 15) is 9.18 Å². The van der Waals surface area contributed by atoms with E-state index in [4.69, 9.17) is 5.11 Å². The molecule has 0 fully saturated rings. The van der Waals surface area contributed by atoms with Crippen LogP contribution in [0.4, 0.5) is 4.39 Å². The summed E-state index contributed by atoms with van der Waals surface area (Å²) in [7, 11) is 1.72. The van der Waals surface area contributed by atoms with Gasteiger partial charge in [0.25, 0.3) is 0 Å². The first-order chi connectivity index (χ1) is 8.97. The number of carboxylic acids is 1. The van der Waals surface area contributed by atoms with Crippen LogP contribution >= 0.6 is 11.8 Å². The third kappa shape index (κ3) is 3.11.